The molecule has 1 heterocycles. The zero-order valence-corrected chi connectivity index (χ0v) is 15.5. The summed E-state index contributed by atoms with van der Waals surface area (Å²) in [5, 5.41) is 3.91. The van der Waals surface area contributed by atoms with Gasteiger partial charge in [-0.25, -0.2) is 4.79 Å². The molecule has 0 aromatic heterocycles. The molecule has 2 aliphatic carbocycles. The highest BCUT2D eigenvalue weighted by molar-refractivity contribution is 5.69. The summed E-state index contributed by atoms with van der Waals surface area (Å²) in [6, 6.07) is 1.34. The Bertz CT molecular complexity index is 431. The van der Waals surface area contributed by atoms with Crippen LogP contribution in [0, 0.1) is 23.7 Å². The van der Waals surface area contributed by atoms with Gasteiger partial charge in [-0.2, -0.15) is 0 Å². The van der Waals surface area contributed by atoms with Gasteiger partial charge in [0.05, 0.1) is 0 Å². The Kier molecular flexibility index (Phi) is 4.65. The molecule has 0 spiro atoms. The Morgan fingerprint density at radius 3 is 2.39 bits per heavy atom. The van der Waals surface area contributed by atoms with E-state index in [-0.39, 0.29) is 6.09 Å². The minimum Gasteiger partial charge on any atom is -0.444 e. The number of likely N-dealkylation sites (tertiary alicyclic amines) is 1. The Labute approximate surface area is 141 Å². The van der Waals surface area contributed by atoms with Gasteiger partial charge in [0, 0.05) is 25.2 Å². The molecule has 23 heavy (non-hydrogen) atoms. The van der Waals surface area contributed by atoms with Gasteiger partial charge in [-0.1, -0.05) is 26.7 Å². The summed E-state index contributed by atoms with van der Waals surface area (Å²) in [6.45, 7) is 12.3. The first-order chi connectivity index (χ1) is 10.7. The van der Waals surface area contributed by atoms with Gasteiger partial charge >= 0.3 is 6.09 Å². The first kappa shape index (κ1) is 17.1. The quantitative estimate of drug-likeness (QED) is 0.862. The van der Waals surface area contributed by atoms with E-state index in [1.165, 1.54) is 25.7 Å². The minimum absolute atomic E-state index is 0.138. The predicted octanol–water partition coefficient (Wildman–Crippen LogP) is 3.66. The summed E-state index contributed by atoms with van der Waals surface area (Å²) < 4.78 is 5.48. The van der Waals surface area contributed by atoms with Gasteiger partial charge in [-0.05, 0) is 57.3 Å². The van der Waals surface area contributed by atoms with Gasteiger partial charge in [-0.15, -0.1) is 0 Å². The van der Waals surface area contributed by atoms with Crippen molar-refractivity contribution in [2.24, 2.45) is 23.7 Å². The second-order valence-corrected chi connectivity index (χ2v) is 9.27. The molecule has 1 saturated heterocycles. The van der Waals surface area contributed by atoms with Crippen molar-refractivity contribution in [1.29, 1.82) is 0 Å². The zero-order chi connectivity index (χ0) is 16.8. The van der Waals surface area contributed by atoms with Gasteiger partial charge < -0.3 is 15.0 Å². The van der Waals surface area contributed by atoms with Crippen LogP contribution in [0.4, 0.5) is 4.79 Å². The van der Waals surface area contributed by atoms with Crippen LogP contribution in [0.25, 0.3) is 0 Å². The highest BCUT2D eigenvalue weighted by Crippen LogP contribution is 2.46. The number of amides is 1. The minimum atomic E-state index is -0.393. The fraction of sp³-hybridized carbons (Fsp3) is 0.947. The lowest BCUT2D eigenvalue weighted by Gasteiger charge is -2.33. The molecule has 4 atom stereocenters. The van der Waals surface area contributed by atoms with E-state index >= 15 is 0 Å². The van der Waals surface area contributed by atoms with Crippen molar-refractivity contribution in [3.63, 3.8) is 0 Å². The second kappa shape index (κ2) is 6.27. The van der Waals surface area contributed by atoms with Crippen molar-refractivity contribution in [1.82, 2.24) is 10.2 Å². The van der Waals surface area contributed by atoms with Crippen LogP contribution in [-0.4, -0.2) is 41.8 Å². The summed E-state index contributed by atoms with van der Waals surface area (Å²) >= 11 is 0. The summed E-state index contributed by atoms with van der Waals surface area (Å²) in [5.74, 6) is 3.00. The first-order valence-corrected chi connectivity index (χ1v) is 9.48. The summed E-state index contributed by atoms with van der Waals surface area (Å²) in [5.41, 5.74) is -0.393. The van der Waals surface area contributed by atoms with Gasteiger partial charge in [0.25, 0.3) is 0 Å². The number of carbonyl (C=O) groups is 1. The molecule has 4 nitrogen and oxygen atoms in total. The third kappa shape index (κ3) is 4.01. The van der Waals surface area contributed by atoms with Crippen LogP contribution in [0.5, 0.6) is 0 Å². The van der Waals surface area contributed by atoms with E-state index in [0.29, 0.717) is 23.9 Å². The van der Waals surface area contributed by atoms with Gasteiger partial charge in [0.15, 0.2) is 0 Å². The number of rotatable bonds is 3. The third-order valence-electron chi connectivity index (χ3n) is 5.93. The predicted molar refractivity (Wildman–Crippen MR) is 92.3 cm³/mol. The Balaban J connectivity index is 1.43. The van der Waals surface area contributed by atoms with Crippen molar-refractivity contribution in [3.05, 3.63) is 0 Å². The number of ether oxygens (including phenoxy) is 1. The Morgan fingerprint density at radius 2 is 1.83 bits per heavy atom. The van der Waals surface area contributed by atoms with Gasteiger partial charge in [0.2, 0.25) is 0 Å². The first-order valence-electron chi connectivity index (χ1n) is 9.48. The van der Waals surface area contributed by atoms with Crippen molar-refractivity contribution in [2.75, 3.05) is 13.1 Å². The highest BCUT2D eigenvalue weighted by atomic mass is 16.6. The maximum Gasteiger partial charge on any atom is 0.410 e. The van der Waals surface area contributed by atoms with Crippen molar-refractivity contribution >= 4 is 6.09 Å². The normalized spacial score (nSPS) is 37.0. The molecule has 0 bridgehead atoms. The maximum absolute atomic E-state index is 12.1. The lowest BCUT2D eigenvalue weighted by molar-refractivity contribution is 0.0268. The summed E-state index contributed by atoms with van der Waals surface area (Å²) in [6.07, 6.45) is 5.30. The van der Waals surface area contributed by atoms with E-state index in [0.717, 1.165) is 24.9 Å². The number of hydrogen-bond acceptors (Lipinski definition) is 3. The van der Waals surface area contributed by atoms with Crippen LogP contribution in [0.15, 0.2) is 0 Å². The Hall–Kier alpha value is -0.770. The van der Waals surface area contributed by atoms with E-state index < -0.39 is 5.60 Å². The molecule has 4 heteroatoms. The van der Waals surface area contributed by atoms with Crippen LogP contribution in [0.1, 0.15) is 60.3 Å². The second-order valence-electron chi connectivity index (χ2n) is 9.27. The van der Waals surface area contributed by atoms with E-state index in [9.17, 15) is 4.79 Å². The SMILES string of the molecule is CC(C)C1CCCC(NC2C3CN(C(=O)OC(C)(C)C)CC32)C1. The summed E-state index contributed by atoms with van der Waals surface area (Å²) in [4.78, 5) is 14.0. The van der Waals surface area contributed by atoms with Gasteiger partial charge in [0.1, 0.15) is 5.60 Å². The average molecular weight is 322 g/mol. The monoisotopic (exact) mass is 322 g/mol. The molecular weight excluding hydrogens is 288 g/mol. The van der Waals surface area contributed by atoms with Crippen molar-refractivity contribution in [2.45, 2.75) is 78.0 Å². The molecule has 3 aliphatic rings. The molecule has 0 aromatic carbocycles. The fourth-order valence-corrected chi connectivity index (χ4v) is 4.51. The lowest BCUT2D eigenvalue weighted by atomic mass is 9.79. The number of fused-ring (bicyclic) bond motifs is 1. The molecule has 1 N–H and O–H groups in total. The molecule has 0 radical (unpaired) electrons. The van der Waals surface area contributed by atoms with Crippen molar-refractivity contribution in [3.8, 4) is 0 Å². The molecule has 0 aromatic rings. The number of nitrogens with zero attached hydrogens (tertiary/aromatic N) is 1. The number of carbonyl (C=O) groups excluding carboxylic acids is 1. The fourth-order valence-electron chi connectivity index (χ4n) is 4.51. The number of piperidine rings is 1. The maximum atomic E-state index is 12.1. The molecular formula is C19H34N2O2. The van der Waals surface area contributed by atoms with E-state index in [4.69, 9.17) is 4.74 Å². The molecule has 3 rings (SSSR count). The molecule has 3 fully saturated rings. The molecule has 1 amide bonds. The standard InChI is InChI=1S/C19H34N2O2/c1-12(2)13-7-6-8-14(9-13)20-17-15-10-21(11-16(15)17)18(22)23-19(3,4)5/h12-17,20H,6-11H2,1-5H3. The molecule has 4 unspecified atom stereocenters. The van der Waals surface area contributed by atoms with E-state index in [1.54, 1.807) is 0 Å². The van der Waals surface area contributed by atoms with E-state index in [2.05, 4.69) is 19.2 Å². The smallest absolute Gasteiger partial charge is 0.410 e. The summed E-state index contributed by atoms with van der Waals surface area (Å²) in [7, 11) is 0. The number of nitrogens with one attached hydrogen (secondary N) is 1. The van der Waals surface area contributed by atoms with Crippen LogP contribution in [0.2, 0.25) is 0 Å². The highest BCUT2D eigenvalue weighted by Gasteiger charge is 2.57. The zero-order valence-electron chi connectivity index (χ0n) is 15.5. The van der Waals surface area contributed by atoms with Crippen LogP contribution in [0.3, 0.4) is 0 Å². The van der Waals surface area contributed by atoms with Crippen LogP contribution >= 0.6 is 0 Å². The largest absolute Gasteiger partial charge is 0.444 e. The lowest BCUT2D eigenvalue weighted by Crippen LogP contribution is -2.42. The molecule has 2 saturated carbocycles. The van der Waals surface area contributed by atoms with Crippen LogP contribution < -0.4 is 5.32 Å². The molecule has 1 aliphatic heterocycles. The number of hydrogen-bond donors (Lipinski definition) is 1. The average Bonchev–Trinajstić information content (AvgIpc) is 2.90. The van der Waals surface area contributed by atoms with Gasteiger partial charge in [-0.3, -0.25) is 0 Å². The van der Waals surface area contributed by atoms with Crippen LogP contribution in [-0.2, 0) is 4.74 Å². The topological polar surface area (TPSA) is 41.6 Å². The Morgan fingerprint density at radius 1 is 1.17 bits per heavy atom. The third-order valence-corrected chi connectivity index (χ3v) is 5.93. The van der Waals surface area contributed by atoms with Crippen molar-refractivity contribution < 1.29 is 9.53 Å². The molecule has 132 valence electrons. The van der Waals surface area contributed by atoms with E-state index in [1.807, 2.05) is 25.7 Å².